The average molecular weight is 333 g/mol. The van der Waals surface area contributed by atoms with Gasteiger partial charge in [0, 0.05) is 0 Å². The van der Waals surface area contributed by atoms with Crippen molar-refractivity contribution in [3.8, 4) is 0 Å². The van der Waals surface area contributed by atoms with E-state index in [1.807, 2.05) is 4.72 Å². The Morgan fingerprint density at radius 3 is 2.45 bits per heavy atom. The van der Waals surface area contributed by atoms with E-state index in [4.69, 9.17) is 5.11 Å². The maximum Gasteiger partial charge on any atom is 0.402 e. The first-order valence-corrected chi connectivity index (χ1v) is 7.31. The van der Waals surface area contributed by atoms with E-state index in [0.717, 1.165) is 11.3 Å². The van der Waals surface area contributed by atoms with E-state index in [1.165, 1.54) is 11.6 Å². The number of nitrogens with zero attached hydrogens (tertiary/aromatic N) is 1. The molecule has 0 atom stereocenters. The van der Waals surface area contributed by atoms with E-state index in [2.05, 4.69) is 4.98 Å². The van der Waals surface area contributed by atoms with Crippen LogP contribution in [0.25, 0.3) is 0 Å². The van der Waals surface area contributed by atoms with Crippen molar-refractivity contribution in [3.05, 3.63) is 15.6 Å². The molecule has 0 aliphatic rings. The van der Waals surface area contributed by atoms with Crippen molar-refractivity contribution < 1.29 is 31.5 Å². The fraction of sp³-hybridized carbons (Fsp3) is 0.500. The van der Waals surface area contributed by atoms with E-state index in [-0.39, 0.29) is 15.6 Å². The Bertz CT molecular complexity index is 597. The molecule has 1 aromatic heterocycles. The molecule has 0 aliphatic carbocycles. The van der Waals surface area contributed by atoms with Crippen molar-refractivity contribution in [1.29, 1.82) is 0 Å². The van der Waals surface area contributed by atoms with Crippen molar-refractivity contribution in [2.75, 3.05) is 6.54 Å². The van der Waals surface area contributed by atoms with Gasteiger partial charge in [0.2, 0.25) is 0 Å². The van der Waals surface area contributed by atoms with Crippen molar-refractivity contribution in [3.63, 3.8) is 0 Å². The zero-order valence-corrected chi connectivity index (χ0v) is 11.6. The van der Waals surface area contributed by atoms with Crippen LogP contribution in [0, 0.1) is 6.92 Å². The van der Waals surface area contributed by atoms with Crippen LogP contribution < -0.4 is 9.44 Å². The number of hydrogen-bond acceptors (Lipinski definition) is 5. The number of nitrogens with one attached hydrogen (secondary N) is 2. The smallest absolute Gasteiger partial charge is 0.402 e. The number of thiazole rings is 1. The molecule has 0 bridgehead atoms. The van der Waals surface area contributed by atoms with Crippen LogP contribution in [0.1, 0.15) is 20.4 Å². The van der Waals surface area contributed by atoms with Gasteiger partial charge in [-0.3, -0.25) is 0 Å². The van der Waals surface area contributed by atoms with Crippen LogP contribution in [0.3, 0.4) is 0 Å². The molecular formula is C8H10F3N3O4S2. The van der Waals surface area contributed by atoms with Crippen LogP contribution >= 0.6 is 11.3 Å². The number of carbonyl (C=O) groups is 1. The number of aromatic nitrogens is 1. The van der Waals surface area contributed by atoms with Gasteiger partial charge in [-0.1, -0.05) is 0 Å². The molecule has 20 heavy (non-hydrogen) atoms. The maximum absolute atomic E-state index is 11.9. The summed E-state index contributed by atoms with van der Waals surface area (Å²) in [6.45, 7) is -0.661. The number of carboxylic acids is 1. The Hall–Kier alpha value is -1.24. The van der Waals surface area contributed by atoms with Gasteiger partial charge in [0.25, 0.3) is 10.2 Å². The van der Waals surface area contributed by atoms with Crippen LogP contribution in [0.4, 0.5) is 13.2 Å². The highest BCUT2D eigenvalue weighted by Gasteiger charge is 2.29. The number of carboxylic acid groups (broad SMARTS) is 1. The van der Waals surface area contributed by atoms with Gasteiger partial charge in [-0.25, -0.2) is 9.78 Å². The third kappa shape index (κ3) is 5.40. The first kappa shape index (κ1) is 16.8. The Morgan fingerprint density at radius 1 is 1.40 bits per heavy atom. The molecule has 0 aromatic carbocycles. The number of rotatable bonds is 6. The fourth-order valence-electron chi connectivity index (χ4n) is 1.11. The zero-order chi connectivity index (χ0) is 15.6. The van der Waals surface area contributed by atoms with Gasteiger partial charge in [0.1, 0.15) is 16.4 Å². The van der Waals surface area contributed by atoms with Crippen molar-refractivity contribution in [2.45, 2.75) is 19.6 Å². The number of aryl methyl sites for hydroxylation is 1. The molecule has 0 fully saturated rings. The summed E-state index contributed by atoms with van der Waals surface area (Å²) < 4.78 is 61.2. The quantitative estimate of drug-likeness (QED) is 0.708. The number of alkyl halides is 3. The predicted octanol–water partition coefficient (Wildman–Crippen LogP) is 0.636. The molecular weight excluding hydrogens is 323 g/mol. The summed E-state index contributed by atoms with van der Waals surface area (Å²) in [5, 5.41) is 8.91. The van der Waals surface area contributed by atoms with E-state index in [0.29, 0.717) is 0 Å². The van der Waals surface area contributed by atoms with Crippen molar-refractivity contribution in [1.82, 2.24) is 14.4 Å². The third-order valence-electron chi connectivity index (χ3n) is 1.91. The highest BCUT2D eigenvalue weighted by Crippen LogP contribution is 2.18. The minimum atomic E-state index is -4.66. The first-order valence-electron chi connectivity index (χ1n) is 5.01. The molecule has 0 amide bonds. The molecule has 0 saturated carbocycles. The SMILES string of the molecule is Cc1nc(CNS(=O)(=O)NCC(F)(F)F)sc1C(=O)O. The second kappa shape index (κ2) is 6.03. The molecule has 114 valence electrons. The standard InChI is InChI=1S/C8H10F3N3O4S2/c1-4-6(7(15)16)19-5(14-4)2-12-20(17,18)13-3-8(9,10)11/h12-13H,2-3H2,1H3,(H,15,16). The zero-order valence-electron chi connectivity index (χ0n) is 9.98. The minimum absolute atomic E-state index is 0.0533. The lowest BCUT2D eigenvalue weighted by molar-refractivity contribution is -0.121. The molecule has 12 heteroatoms. The molecule has 0 spiro atoms. The van der Waals surface area contributed by atoms with Crippen LogP contribution in [0.15, 0.2) is 0 Å². The summed E-state index contributed by atoms with van der Waals surface area (Å²) >= 11 is 0.744. The predicted molar refractivity (Wildman–Crippen MR) is 63.6 cm³/mol. The van der Waals surface area contributed by atoms with Crippen molar-refractivity contribution in [2.24, 2.45) is 0 Å². The summed E-state index contributed by atoms with van der Waals surface area (Å²) in [4.78, 5) is 14.5. The molecule has 7 nitrogen and oxygen atoms in total. The van der Waals surface area contributed by atoms with E-state index in [9.17, 15) is 26.4 Å². The highest BCUT2D eigenvalue weighted by atomic mass is 32.2. The van der Waals surface area contributed by atoms with Gasteiger partial charge in [-0.05, 0) is 6.92 Å². The molecule has 1 rings (SSSR count). The molecule has 1 heterocycles. The maximum atomic E-state index is 11.9. The normalized spacial score (nSPS) is 12.6. The van der Waals surface area contributed by atoms with E-state index < -0.39 is 35.4 Å². The Morgan fingerprint density at radius 2 is 2.00 bits per heavy atom. The van der Waals surface area contributed by atoms with E-state index in [1.54, 1.807) is 0 Å². The van der Waals surface area contributed by atoms with Gasteiger partial charge in [0.15, 0.2) is 0 Å². The molecule has 0 radical (unpaired) electrons. The first-order chi connectivity index (χ1) is 9.00. The molecule has 0 unspecified atom stereocenters. The van der Waals surface area contributed by atoms with Crippen LogP contribution in [0.2, 0.25) is 0 Å². The van der Waals surface area contributed by atoms with Crippen LogP contribution in [-0.4, -0.2) is 37.2 Å². The third-order valence-corrected chi connectivity index (χ3v) is 4.11. The van der Waals surface area contributed by atoms with Gasteiger partial charge >= 0.3 is 12.1 Å². The Kier molecular flexibility index (Phi) is 5.07. The molecule has 1 aromatic rings. The van der Waals surface area contributed by atoms with Gasteiger partial charge in [0.05, 0.1) is 12.2 Å². The molecule has 0 saturated heterocycles. The van der Waals surface area contributed by atoms with Crippen LogP contribution in [0.5, 0.6) is 0 Å². The summed E-state index contributed by atoms with van der Waals surface area (Å²) in [6.07, 6.45) is -4.66. The summed E-state index contributed by atoms with van der Waals surface area (Å²) in [6, 6.07) is 0. The van der Waals surface area contributed by atoms with Gasteiger partial charge in [-0.2, -0.15) is 31.0 Å². The second-order valence-corrected chi connectivity index (χ2v) is 6.26. The largest absolute Gasteiger partial charge is 0.477 e. The highest BCUT2D eigenvalue weighted by molar-refractivity contribution is 7.87. The topological polar surface area (TPSA) is 108 Å². The van der Waals surface area contributed by atoms with Gasteiger partial charge in [-0.15, -0.1) is 11.3 Å². The molecule has 3 N–H and O–H groups in total. The lowest BCUT2D eigenvalue weighted by Gasteiger charge is -2.09. The number of halogens is 3. The Labute approximate surface area is 116 Å². The average Bonchev–Trinajstić information content (AvgIpc) is 2.65. The van der Waals surface area contributed by atoms with Gasteiger partial charge < -0.3 is 5.11 Å². The monoisotopic (exact) mass is 333 g/mol. The lowest BCUT2D eigenvalue weighted by atomic mass is 10.4. The summed E-state index contributed by atoms with van der Waals surface area (Å²) in [7, 11) is -4.34. The number of hydrogen-bond donors (Lipinski definition) is 3. The number of aromatic carboxylic acids is 1. The fourth-order valence-corrected chi connectivity index (χ4v) is 2.83. The molecule has 0 aliphatic heterocycles. The summed E-state index contributed by atoms with van der Waals surface area (Å²) in [5.41, 5.74) is 0.208. The van der Waals surface area contributed by atoms with Crippen molar-refractivity contribution >= 4 is 27.5 Å². The lowest BCUT2D eigenvalue weighted by Crippen LogP contribution is -2.41. The minimum Gasteiger partial charge on any atom is -0.477 e. The van der Waals surface area contributed by atoms with E-state index >= 15 is 0 Å². The summed E-state index contributed by atoms with van der Waals surface area (Å²) in [5.74, 6) is -1.20. The Balaban J connectivity index is 2.63. The second-order valence-electron chi connectivity index (χ2n) is 3.59. The van der Waals surface area contributed by atoms with Crippen LogP contribution in [-0.2, 0) is 16.8 Å².